The summed E-state index contributed by atoms with van der Waals surface area (Å²) in [5, 5.41) is 0. The fourth-order valence-corrected chi connectivity index (χ4v) is 7.22. The van der Waals surface area contributed by atoms with Crippen molar-refractivity contribution in [3.8, 4) is 11.5 Å². The second-order valence-electron chi connectivity index (χ2n) is 12.3. The number of hydrogen-bond donors (Lipinski definition) is 0. The van der Waals surface area contributed by atoms with Crippen molar-refractivity contribution in [1.29, 1.82) is 0 Å². The van der Waals surface area contributed by atoms with Crippen molar-refractivity contribution in [2.75, 3.05) is 6.54 Å². The van der Waals surface area contributed by atoms with Gasteiger partial charge in [0.05, 0.1) is 0 Å². The van der Waals surface area contributed by atoms with Crippen LogP contribution in [0.4, 0.5) is 0 Å². The fraction of sp³-hybridized carbons (Fsp3) is 0.500. The SMILES string of the molecule is CCCCCCCCCCN1C(=O)c2ccccc2C12c1cc(C)c(CCC)cc1Oc1cc(CCC)c(C)cc12. The predicted molar refractivity (Wildman–Crippen MR) is 170 cm³/mol. The minimum atomic E-state index is -0.678. The van der Waals surface area contributed by atoms with Crippen molar-refractivity contribution in [3.05, 3.63) is 93.0 Å². The molecule has 41 heavy (non-hydrogen) atoms. The zero-order valence-electron chi connectivity index (χ0n) is 26.1. The molecule has 2 aliphatic heterocycles. The van der Waals surface area contributed by atoms with Crippen molar-refractivity contribution >= 4 is 5.91 Å². The van der Waals surface area contributed by atoms with Gasteiger partial charge in [-0.2, -0.15) is 0 Å². The monoisotopic (exact) mass is 551 g/mol. The van der Waals surface area contributed by atoms with Crippen molar-refractivity contribution < 1.29 is 9.53 Å². The van der Waals surface area contributed by atoms with Crippen LogP contribution >= 0.6 is 0 Å². The maximum absolute atomic E-state index is 14.3. The predicted octanol–water partition coefficient (Wildman–Crippen LogP) is 10.2. The van der Waals surface area contributed by atoms with E-state index in [0.29, 0.717) is 0 Å². The number of ether oxygens (including phenoxy) is 1. The third-order valence-corrected chi connectivity index (χ3v) is 9.35. The van der Waals surface area contributed by atoms with Crippen LogP contribution in [0.1, 0.15) is 134 Å². The van der Waals surface area contributed by atoms with Crippen LogP contribution < -0.4 is 4.74 Å². The molecule has 3 nitrogen and oxygen atoms in total. The van der Waals surface area contributed by atoms with Gasteiger partial charge in [0.2, 0.25) is 0 Å². The summed E-state index contributed by atoms with van der Waals surface area (Å²) >= 11 is 0. The molecule has 3 heteroatoms. The molecule has 1 spiro atoms. The molecule has 0 aliphatic carbocycles. The van der Waals surface area contributed by atoms with Gasteiger partial charge < -0.3 is 9.64 Å². The Labute approximate surface area is 248 Å². The van der Waals surface area contributed by atoms with E-state index in [1.807, 2.05) is 12.1 Å². The summed E-state index contributed by atoms with van der Waals surface area (Å²) < 4.78 is 6.80. The van der Waals surface area contributed by atoms with Gasteiger partial charge in [-0.1, -0.05) is 96.8 Å². The molecule has 0 aromatic heterocycles. The van der Waals surface area contributed by atoms with E-state index in [2.05, 4.69) is 75.9 Å². The number of hydrogen-bond acceptors (Lipinski definition) is 2. The zero-order valence-corrected chi connectivity index (χ0v) is 26.1. The Morgan fingerprint density at radius 3 is 1.76 bits per heavy atom. The third-order valence-electron chi connectivity index (χ3n) is 9.35. The Morgan fingerprint density at radius 2 is 1.20 bits per heavy atom. The second-order valence-corrected chi connectivity index (χ2v) is 12.3. The van der Waals surface area contributed by atoms with E-state index in [4.69, 9.17) is 4.74 Å². The first-order valence-corrected chi connectivity index (χ1v) is 16.3. The van der Waals surface area contributed by atoms with Crippen LogP contribution in [0.2, 0.25) is 0 Å². The van der Waals surface area contributed by atoms with Gasteiger partial charge in [-0.15, -0.1) is 0 Å². The van der Waals surface area contributed by atoms with E-state index in [9.17, 15) is 4.79 Å². The van der Waals surface area contributed by atoms with E-state index in [1.165, 1.54) is 60.8 Å². The third kappa shape index (κ3) is 5.33. The normalized spacial score (nSPS) is 14.7. The van der Waals surface area contributed by atoms with Crippen LogP contribution in [0.25, 0.3) is 0 Å². The van der Waals surface area contributed by atoms with Gasteiger partial charge in [0.1, 0.15) is 17.0 Å². The molecule has 0 N–H and O–H groups in total. The summed E-state index contributed by atoms with van der Waals surface area (Å²) in [6, 6.07) is 17.5. The summed E-state index contributed by atoms with van der Waals surface area (Å²) in [4.78, 5) is 16.5. The number of rotatable bonds is 13. The molecule has 3 aromatic carbocycles. The molecule has 218 valence electrons. The highest BCUT2D eigenvalue weighted by Gasteiger charge is 2.56. The molecule has 0 fully saturated rings. The van der Waals surface area contributed by atoms with Crippen LogP contribution in [0.3, 0.4) is 0 Å². The average molecular weight is 552 g/mol. The Hall–Kier alpha value is -3.07. The highest BCUT2D eigenvalue weighted by atomic mass is 16.5. The van der Waals surface area contributed by atoms with Crippen LogP contribution in [0.15, 0.2) is 48.5 Å². The van der Waals surface area contributed by atoms with Gasteiger partial charge in [0.25, 0.3) is 5.91 Å². The molecule has 5 rings (SSSR count). The minimum absolute atomic E-state index is 0.146. The first kappa shape index (κ1) is 29.4. The number of unbranched alkanes of at least 4 members (excludes halogenated alkanes) is 7. The van der Waals surface area contributed by atoms with Crippen molar-refractivity contribution in [1.82, 2.24) is 4.90 Å². The molecule has 1 amide bonds. The molecule has 0 radical (unpaired) electrons. The molecule has 0 saturated carbocycles. The smallest absolute Gasteiger partial charge is 0.255 e. The molecule has 3 aromatic rings. The lowest BCUT2D eigenvalue weighted by atomic mass is 9.73. The quantitative estimate of drug-likeness (QED) is 0.198. The Balaban J connectivity index is 1.63. The lowest BCUT2D eigenvalue weighted by Crippen LogP contribution is -2.48. The summed E-state index contributed by atoms with van der Waals surface area (Å²) in [6.07, 6.45) is 14.2. The maximum atomic E-state index is 14.3. The minimum Gasteiger partial charge on any atom is -0.457 e. The number of amides is 1. The van der Waals surface area contributed by atoms with Crippen molar-refractivity contribution in [2.45, 2.75) is 117 Å². The number of carbonyl (C=O) groups excluding carboxylic acids is 1. The Kier molecular flexibility index (Phi) is 9.22. The van der Waals surface area contributed by atoms with Gasteiger partial charge in [-0.3, -0.25) is 4.79 Å². The summed E-state index contributed by atoms with van der Waals surface area (Å²) in [5.41, 5.74) is 8.70. The number of aryl methyl sites for hydroxylation is 4. The van der Waals surface area contributed by atoms with E-state index < -0.39 is 5.54 Å². The van der Waals surface area contributed by atoms with E-state index in [-0.39, 0.29) is 5.91 Å². The number of benzene rings is 3. The molecule has 2 aliphatic rings. The largest absolute Gasteiger partial charge is 0.457 e. The number of carbonyl (C=O) groups is 1. The Bertz CT molecular complexity index is 1330. The van der Waals surface area contributed by atoms with Gasteiger partial charge >= 0.3 is 0 Å². The molecule has 0 atom stereocenters. The summed E-state index contributed by atoms with van der Waals surface area (Å²) in [6.45, 7) is 11.9. The van der Waals surface area contributed by atoms with E-state index in [0.717, 1.165) is 78.8 Å². The summed E-state index contributed by atoms with van der Waals surface area (Å²) in [5.74, 6) is 1.96. The molecular formula is C38H49NO2. The molecule has 2 heterocycles. The number of nitrogens with zero attached hydrogens (tertiary/aromatic N) is 1. The lowest BCUT2D eigenvalue weighted by Gasteiger charge is -2.45. The standard InChI is InChI=1S/C38H49NO2/c1-6-9-10-11-12-13-14-17-22-39-37(40)31-20-15-16-21-32(31)38(39)33-23-27(4)29(18-7-2)25-35(33)41-36-26-30(19-8-3)28(5)24-34(36)38/h15-16,20-21,23-26H,6-14,17-19,22H2,1-5H3. The molecule has 0 saturated heterocycles. The van der Waals surface area contributed by atoms with Gasteiger partial charge in [0, 0.05) is 23.2 Å². The van der Waals surface area contributed by atoms with Crippen LogP contribution in [-0.2, 0) is 18.4 Å². The van der Waals surface area contributed by atoms with Gasteiger partial charge in [0.15, 0.2) is 0 Å². The molecule has 0 bridgehead atoms. The van der Waals surface area contributed by atoms with Crippen LogP contribution in [0.5, 0.6) is 11.5 Å². The van der Waals surface area contributed by atoms with E-state index >= 15 is 0 Å². The lowest BCUT2D eigenvalue weighted by molar-refractivity contribution is 0.0660. The van der Waals surface area contributed by atoms with Gasteiger partial charge in [-0.25, -0.2) is 0 Å². The number of fused-ring (bicyclic) bond motifs is 6. The van der Waals surface area contributed by atoms with Crippen LogP contribution in [0, 0.1) is 13.8 Å². The maximum Gasteiger partial charge on any atom is 0.255 e. The van der Waals surface area contributed by atoms with Crippen molar-refractivity contribution in [2.24, 2.45) is 0 Å². The first-order chi connectivity index (χ1) is 20.0. The highest BCUT2D eigenvalue weighted by molar-refractivity contribution is 6.02. The average Bonchev–Trinajstić information content (AvgIpc) is 3.21. The van der Waals surface area contributed by atoms with E-state index in [1.54, 1.807) is 0 Å². The first-order valence-electron chi connectivity index (χ1n) is 16.3. The molecular weight excluding hydrogens is 502 g/mol. The highest BCUT2D eigenvalue weighted by Crippen LogP contribution is 2.58. The molecule has 0 unspecified atom stereocenters. The zero-order chi connectivity index (χ0) is 29.0. The van der Waals surface area contributed by atoms with Crippen LogP contribution in [-0.4, -0.2) is 17.4 Å². The second kappa shape index (κ2) is 12.8. The fourth-order valence-electron chi connectivity index (χ4n) is 7.22. The van der Waals surface area contributed by atoms with Crippen molar-refractivity contribution in [3.63, 3.8) is 0 Å². The van der Waals surface area contributed by atoms with Gasteiger partial charge in [-0.05, 0) is 91.3 Å². The Morgan fingerprint density at radius 1 is 0.659 bits per heavy atom. The summed E-state index contributed by atoms with van der Waals surface area (Å²) in [7, 11) is 0. The topological polar surface area (TPSA) is 29.5 Å².